The third kappa shape index (κ3) is 10.2. The molecule has 0 saturated heterocycles. The van der Waals surface area contributed by atoms with E-state index in [9.17, 15) is 4.79 Å². The summed E-state index contributed by atoms with van der Waals surface area (Å²) in [6.45, 7) is 12.9. The summed E-state index contributed by atoms with van der Waals surface area (Å²) in [4.78, 5) is 18.6. The Bertz CT molecular complexity index is 642. The van der Waals surface area contributed by atoms with Crippen molar-refractivity contribution in [1.82, 2.24) is 20.9 Å². The van der Waals surface area contributed by atoms with Crippen LogP contribution in [0.3, 0.4) is 0 Å². The van der Waals surface area contributed by atoms with Crippen molar-refractivity contribution in [3.8, 4) is 5.75 Å². The number of aliphatic imine (C=N–C) groups is 1. The van der Waals surface area contributed by atoms with Crippen LogP contribution >= 0.6 is 24.0 Å². The number of nitrogens with zero attached hydrogens (tertiary/aromatic N) is 2. The number of hydrogen-bond donors (Lipinski definition) is 3. The van der Waals surface area contributed by atoms with E-state index < -0.39 is 0 Å². The minimum Gasteiger partial charge on any atom is -0.497 e. The highest BCUT2D eigenvalue weighted by molar-refractivity contribution is 14.0. The van der Waals surface area contributed by atoms with E-state index in [0.717, 1.165) is 18.8 Å². The molecule has 8 heteroatoms. The van der Waals surface area contributed by atoms with E-state index in [1.54, 1.807) is 14.2 Å². The normalized spacial score (nSPS) is 12.8. The van der Waals surface area contributed by atoms with Crippen LogP contribution in [-0.2, 0) is 4.79 Å². The van der Waals surface area contributed by atoms with E-state index in [0.29, 0.717) is 12.5 Å². The molecule has 0 saturated carbocycles. The number of amides is 1. The molecule has 0 aliphatic heterocycles. The van der Waals surface area contributed by atoms with Gasteiger partial charge in [0.2, 0.25) is 5.91 Å². The van der Waals surface area contributed by atoms with Gasteiger partial charge in [0.1, 0.15) is 5.75 Å². The number of guanidine groups is 1. The molecule has 0 fully saturated rings. The van der Waals surface area contributed by atoms with Gasteiger partial charge in [-0.25, -0.2) is 0 Å². The van der Waals surface area contributed by atoms with E-state index >= 15 is 0 Å². The molecule has 166 valence electrons. The lowest BCUT2D eigenvalue weighted by atomic mass is 10.0. The smallest absolute Gasteiger partial charge is 0.239 e. The molecule has 0 aromatic heterocycles. The molecule has 0 heterocycles. The zero-order chi connectivity index (χ0) is 21.2. The molecule has 1 rings (SSSR count). The number of benzene rings is 1. The van der Waals surface area contributed by atoms with Crippen LogP contribution in [0.2, 0.25) is 0 Å². The number of halogens is 1. The Morgan fingerprint density at radius 2 is 1.86 bits per heavy atom. The molecule has 1 amide bonds. The number of likely N-dealkylation sites (N-methyl/N-ethyl adjacent to an activating group) is 1. The first-order valence-corrected chi connectivity index (χ1v) is 9.87. The summed E-state index contributed by atoms with van der Waals surface area (Å²) in [6.07, 6.45) is 0. The van der Waals surface area contributed by atoms with Crippen LogP contribution < -0.4 is 20.7 Å². The highest BCUT2D eigenvalue weighted by Gasteiger charge is 2.19. The Morgan fingerprint density at radius 1 is 1.21 bits per heavy atom. The van der Waals surface area contributed by atoms with Crippen molar-refractivity contribution < 1.29 is 9.53 Å². The van der Waals surface area contributed by atoms with Crippen molar-refractivity contribution in [3.05, 3.63) is 29.8 Å². The van der Waals surface area contributed by atoms with Crippen molar-refractivity contribution in [2.24, 2.45) is 4.99 Å². The number of carbonyl (C=O) groups excluding carboxylic acids is 1. The molecule has 3 N–H and O–H groups in total. The fraction of sp³-hybridized carbons (Fsp3) is 0.619. The second-order valence-electron chi connectivity index (χ2n) is 7.62. The van der Waals surface area contributed by atoms with Crippen LogP contribution in [0.4, 0.5) is 0 Å². The summed E-state index contributed by atoms with van der Waals surface area (Å²) >= 11 is 0. The van der Waals surface area contributed by atoms with Crippen molar-refractivity contribution in [2.45, 2.75) is 46.2 Å². The lowest BCUT2D eigenvalue weighted by Crippen LogP contribution is -2.49. The van der Waals surface area contributed by atoms with Gasteiger partial charge in [0.15, 0.2) is 5.96 Å². The van der Waals surface area contributed by atoms with Crippen LogP contribution in [0.1, 0.15) is 46.2 Å². The van der Waals surface area contributed by atoms with Gasteiger partial charge in [0.25, 0.3) is 0 Å². The van der Waals surface area contributed by atoms with Crippen molar-refractivity contribution in [3.63, 3.8) is 0 Å². The predicted octanol–water partition coefficient (Wildman–Crippen LogP) is 2.78. The van der Waals surface area contributed by atoms with Crippen LogP contribution in [0.5, 0.6) is 5.75 Å². The highest BCUT2D eigenvalue weighted by atomic mass is 127. The van der Waals surface area contributed by atoms with Gasteiger partial charge in [-0.1, -0.05) is 26.0 Å². The van der Waals surface area contributed by atoms with Gasteiger partial charge in [0, 0.05) is 19.1 Å². The van der Waals surface area contributed by atoms with Gasteiger partial charge < -0.3 is 20.7 Å². The lowest BCUT2D eigenvalue weighted by Gasteiger charge is -2.31. The van der Waals surface area contributed by atoms with E-state index in [1.807, 2.05) is 32.9 Å². The number of hydrogen-bond acceptors (Lipinski definition) is 4. The molecule has 1 atom stereocenters. The molecule has 7 nitrogen and oxygen atoms in total. The van der Waals surface area contributed by atoms with Crippen molar-refractivity contribution >= 4 is 35.8 Å². The fourth-order valence-corrected chi connectivity index (χ4v) is 3.01. The summed E-state index contributed by atoms with van der Waals surface area (Å²) in [7, 11) is 3.38. The number of rotatable bonds is 9. The molecule has 0 spiro atoms. The first-order chi connectivity index (χ1) is 13.2. The average Bonchev–Trinajstić information content (AvgIpc) is 2.65. The molecular weight excluding hydrogens is 481 g/mol. The zero-order valence-electron chi connectivity index (χ0n) is 18.8. The Kier molecular flexibility index (Phi) is 12.9. The molecule has 0 aliphatic rings. The number of carbonyl (C=O) groups is 1. The maximum Gasteiger partial charge on any atom is 0.239 e. The Balaban J connectivity index is 0.00000784. The highest BCUT2D eigenvalue weighted by Crippen LogP contribution is 2.23. The summed E-state index contributed by atoms with van der Waals surface area (Å²) in [5, 5.41) is 9.36. The van der Waals surface area contributed by atoms with E-state index in [2.05, 4.69) is 51.8 Å². The second-order valence-corrected chi connectivity index (χ2v) is 7.62. The maximum atomic E-state index is 12.0. The monoisotopic (exact) mass is 519 g/mol. The Hall–Kier alpha value is -1.55. The summed E-state index contributed by atoms with van der Waals surface area (Å²) in [6, 6.07) is 8.30. The van der Waals surface area contributed by atoms with Gasteiger partial charge in [0.05, 0.1) is 19.7 Å². The molecule has 29 heavy (non-hydrogen) atoms. The quantitative estimate of drug-likeness (QED) is 0.266. The van der Waals surface area contributed by atoms with Gasteiger partial charge in [-0.15, -0.1) is 24.0 Å². The fourth-order valence-electron chi connectivity index (χ4n) is 3.01. The summed E-state index contributed by atoms with van der Waals surface area (Å²) in [5.41, 5.74) is 0.923. The molecular formula is C21H38IN5O2. The third-order valence-corrected chi connectivity index (χ3v) is 4.35. The topological polar surface area (TPSA) is 78.0 Å². The second kappa shape index (κ2) is 13.6. The van der Waals surface area contributed by atoms with E-state index in [1.165, 1.54) is 5.56 Å². The van der Waals surface area contributed by atoms with Crippen LogP contribution in [0.25, 0.3) is 0 Å². The molecule has 1 aromatic rings. The van der Waals surface area contributed by atoms with Crippen LogP contribution in [0.15, 0.2) is 29.3 Å². The standard InChI is InChI=1S/C21H37N5O2.HI/c1-8-26(9-2)18(16-11-10-12-17(13-16)28-7)14-23-20(22-6)24-15-19(27)25-21(3,4)5;/h10-13,18H,8-9,14-15H2,1-7H3,(H,25,27)(H2,22,23,24);1H. The minimum atomic E-state index is -0.254. The summed E-state index contributed by atoms with van der Waals surface area (Å²) < 4.78 is 5.38. The molecule has 0 aliphatic carbocycles. The first kappa shape index (κ1) is 27.5. The molecule has 0 radical (unpaired) electrons. The van der Waals surface area contributed by atoms with Gasteiger partial charge in [-0.3, -0.25) is 14.7 Å². The lowest BCUT2D eigenvalue weighted by molar-refractivity contribution is -0.121. The van der Waals surface area contributed by atoms with Crippen LogP contribution in [-0.4, -0.2) is 62.6 Å². The van der Waals surface area contributed by atoms with Crippen LogP contribution in [0, 0.1) is 0 Å². The van der Waals surface area contributed by atoms with Crippen molar-refractivity contribution in [1.29, 1.82) is 0 Å². The van der Waals surface area contributed by atoms with Gasteiger partial charge in [-0.2, -0.15) is 0 Å². The van der Waals surface area contributed by atoms with Gasteiger partial charge in [-0.05, 0) is 51.6 Å². The Labute approximate surface area is 193 Å². The summed E-state index contributed by atoms with van der Waals surface area (Å²) in [5.74, 6) is 1.38. The zero-order valence-corrected chi connectivity index (χ0v) is 21.2. The molecule has 0 bridgehead atoms. The minimum absolute atomic E-state index is 0. The number of ether oxygens (including phenoxy) is 1. The van der Waals surface area contributed by atoms with E-state index in [-0.39, 0.29) is 48.0 Å². The molecule has 1 unspecified atom stereocenters. The Morgan fingerprint density at radius 3 is 2.38 bits per heavy atom. The maximum absolute atomic E-state index is 12.0. The largest absolute Gasteiger partial charge is 0.497 e. The van der Waals surface area contributed by atoms with Gasteiger partial charge >= 0.3 is 0 Å². The first-order valence-electron chi connectivity index (χ1n) is 9.87. The molecule has 1 aromatic carbocycles. The van der Waals surface area contributed by atoms with Crippen molar-refractivity contribution in [2.75, 3.05) is 40.3 Å². The SMILES string of the molecule is CCN(CC)C(CNC(=NC)NCC(=O)NC(C)(C)C)c1cccc(OC)c1.I. The number of methoxy groups -OCH3 is 1. The average molecular weight is 519 g/mol. The number of nitrogens with one attached hydrogen (secondary N) is 3. The third-order valence-electron chi connectivity index (χ3n) is 4.35. The predicted molar refractivity (Wildman–Crippen MR) is 131 cm³/mol. The van der Waals surface area contributed by atoms with E-state index in [4.69, 9.17) is 4.74 Å².